The quantitative estimate of drug-likeness (QED) is 0.866. The Morgan fingerprint density at radius 3 is 2.38 bits per heavy atom. The van der Waals surface area contributed by atoms with Crippen LogP contribution in [0.3, 0.4) is 0 Å². The van der Waals surface area contributed by atoms with Crippen molar-refractivity contribution in [1.29, 1.82) is 0 Å². The minimum absolute atomic E-state index is 0.120. The molecule has 0 bridgehead atoms. The third-order valence-corrected chi connectivity index (χ3v) is 3.85. The van der Waals surface area contributed by atoms with Crippen LogP contribution in [-0.2, 0) is 4.79 Å². The number of carbonyl (C=O) groups is 2. The van der Waals surface area contributed by atoms with Crippen LogP contribution in [-0.4, -0.2) is 17.7 Å². The first-order chi connectivity index (χ1) is 11.5. The van der Waals surface area contributed by atoms with E-state index in [0.717, 1.165) is 11.3 Å². The van der Waals surface area contributed by atoms with Crippen LogP contribution in [0.2, 0.25) is 0 Å². The number of allylic oxidation sites excluding steroid dienone is 1. The minimum atomic E-state index is -0.169. The van der Waals surface area contributed by atoms with Gasteiger partial charge < -0.3 is 5.32 Å². The SMILES string of the molecule is CC(=O)N1/C(=C/c2ccc(NC(C)C)cc2)C(=O)c2ccccc21. The van der Waals surface area contributed by atoms with Crippen LogP contribution in [0.1, 0.15) is 36.7 Å². The molecule has 4 heteroatoms. The van der Waals surface area contributed by atoms with Crippen molar-refractivity contribution < 1.29 is 9.59 Å². The highest BCUT2D eigenvalue weighted by Gasteiger charge is 2.34. The molecule has 0 saturated heterocycles. The number of nitrogens with one attached hydrogen (secondary N) is 1. The fraction of sp³-hybridized carbons (Fsp3) is 0.200. The lowest BCUT2D eigenvalue weighted by atomic mass is 10.1. The fourth-order valence-corrected chi connectivity index (χ4v) is 2.87. The van der Waals surface area contributed by atoms with Crippen LogP contribution < -0.4 is 10.2 Å². The van der Waals surface area contributed by atoms with Crippen molar-refractivity contribution in [1.82, 2.24) is 0 Å². The van der Waals surface area contributed by atoms with Crippen molar-refractivity contribution in [2.45, 2.75) is 26.8 Å². The van der Waals surface area contributed by atoms with Crippen molar-refractivity contribution in [2.24, 2.45) is 0 Å². The van der Waals surface area contributed by atoms with E-state index in [1.165, 1.54) is 11.8 Å². The summed E-state index contributed by atoms with van der Waals surface area (Å²) in [6.45, 7) is 5.63. The van der Waals surface area contributed by atoms with Gasteiger partial charge in [-0.3, -0.25) is 14.5 Å². The Kier molecular flexibility index (Phi) is 4.21. The first-order valence-electron chi connectivity index (χ1n) is 8.00. The van der Waals surface area contributed by atoms with Gasteiger partial charge in [0.2, 0.25) is 11.7 Å². The molecule has 2 aromatic rings. The third-order valence-electron chi connectivity index (χ3n) is 3.85. The van der Waals surface area contributed by atoms with Gasteiger partial charge in [0.15, 0.2) is 0 Å². The molecule has 0 unspecified atom stereocenters. The van der Waals surface area contributed by atoms with Crippen molar-refractivity contribution in [3.8, 4) is 0 Å². The molecule has 0 fully saturated rings. The lowest BCUT2D eigenvalue weighted by Gasteiger charge is -2.16. The van der Waals surface area contributed by atoms with E-state index in [2.05, 4.69) is 19.2 Å². The van der Waals surface area contributed by atoms with Crippen LogP contribution in [0.4, 0.5) is 11.4 Å². The Bertz CT molecular complexity index is 820. The van der Waals surface area contributed by atoms with Crippen LogP contribution in [0.25, 0.3) is 6.08 Å². The van der Waals surface area contributed by atoms with E-state index in [0.29, 0.717) is 23.0 Å². The van der Waals surface area contributed by atoms with Crippen LogP contribution in [0.15, 0.2) is 54.2 Å². The van der Waals surface area contributed by atoms with E-state index in [-0.39, 0.29) is 11.7 Å². The van der Waals surface area contributed by atoms with Crippen LogP contribution >= 0.6 is 0 Å². The second kappa shape index (κ2) is 6.32. The molecule has 24 heavy (non-hydrogen) atoms. The zero-order valence-corrected chi connectivity index (χ0v) is 14.0. The Labute approximate surface area is 141 Å². The Morgan fingerprint density at radius 2 is 1.75 bits per heavy atom. The number of benzene rings is 2. The van der Waals surface area contributed by atoms with Crippen molar-refractivity contribution in [3.05, 3.63) is 65.4 Å². The molecule has 0 atom stereocenters. The van der Waals surface area contributed by atoms with Crippen molar-refractivity contribution in [2.75, 3.05) is 10.2 Å². The maximum Gasteiger partial charge on any atom is 0.228 e. The molecule has 0 saturated carbocycles. The van der Waals surface area contributed by atoms with Gasteiger partial charge in [0, 0.05) is 24.2 Å². The maximum atomic E-state index is 12.7. The highest BCUT2D eigenvalue weighted by Crippen LogP contribution is 2.35. The van der Waals surface area contributed by atoms with E-state index in [4.69, 9.17) is 0 Å². The predicted molar refractivity (Wildman–Crippen MR) is 97.1 cm³/mol. The summed E-state index contributed by atoms with van der Waals surface area (Å²) >= 11 is 0. The van der Waals surface area contributed by atoms with E-state index >= 15 is 0 Å². The molecule has 1 aliphatic rings. The fourth-order valence-electron chi connectivity index (χ4n) is 2.87. The molecular formula is C20H20N2O2. The number of hydrogen-bond donors (Lipinski definition) is 1. The molecule has 1 N–H and O–H groups in total. The lowest BCUT2D eigenvalue weighted by molar-refractivity contribution is -0.116. The number of hydrogen-bond acceptors (Lipinski definition) is 3. The standard InChI is InChI=1S/C20H20N2O2/c1-13(2)21-16-10-8-15(9-11-16)12-19-20(24)17-6-4-5-7-18(17)22(19)14(3)23/h4-13,21H,1-3H3/b19-12+. The summed E-state index contributed by atoms with van der Waals surface area (Å²) in [5.74, 6) is -0.289. The summed E-state index contributed by atoms with van der Waals surface area (Å²) in [4.78, 5) is 26.2. The summed E-state index contributed by atoms with van der Waals surface area (Å²) in [6, 6.07) is 15.4. The molecule has 2 aromatic carbocycles. The number of anilines is 2. The Balaban J connectivity index is 1.97. The molecule has 1 heterocycles. The summed E-state index contributed by atoms with van der Waals surface area (Å²) in [6.07, 6.45) is 1.77. The number of rotatable bonds is 3. The number of fused-ring (bicyclic) bond motifs is 1. The molecule has 0 aliphatic carbocycles. The topological polar surface area (TPSA) is 49.4 Å². The summed E-state index contributed by atoms with van der Waals surface area (Å²) < 4.78 is 0. The first-order valence-corrected chi connectivity index (χ1v) is 8.00. The minimum Gasteiger partial charge on any atom is -0.383 e. The predicted octanol–water partition coefficient (Wildman–Crippen LogP) is 4.10. The molecule has 122 valence electrons. The monoisotopic (exact) mass is 320 g/mol. The second-order valence-corrected chi connectivity index (χ2v) is 6.15. The van der Waals surface area contributed by atoms with Crippen molar-refractivity contribution in [3.63, 3.8) is 0 Å². The van der Waals surface area contributed by atoms with Gasteiger partial charge in [-0.1, -0.05) is 24.3 Å². The summed E-state index contributed by atoms with van der Waals surface area (Å²) in [5, 5.41) is 3.32. The largest absolute Gasteiger partial charge is 0.383 e. The van der Waals surface area contributed by atoms with Gasteiger partial charge in [-0.2, -0.15) is 0 Å². The Hall–Kier alpha value is -2.88. The van der Waals surface area contributed by atoms with Gasteiger partial charge >= 0.3 is 0 Å². The molecule has 0 aromatic heterocycles. The van der Waals surface area contributed by atoms with Crippen LogP contribution in [0.5, 0.6) is 0 Å². The molecule has 3 rings (SSSR count). The van der Waals surface area contributed by atoms with E-state index in [1.807, 2.05) is 36.4 Å². The van der Waals surface area contributed by atoms with E-state index in [1.54, 1.807) is 18.2 Å². The van der Waals surface area contributed by atoms with E-state index < -0.39 is 0 Å². The maximum absolute atomic E-state index is 12.7. The first kappa shape index (κ1) is 16.0. The molecule has 1 amide bonds. The van der Waals surface area contributed by atoms with Gasteiger partial charge in [0.25, 0.3) is 0 Å². The summed E-state index contributed by atoms with van der Waals surface area (Å²) in [5.41, 5.74) is 3.52. The normalized spacial score (nSPS) is 15.1. The molecule has 0 radical (unpaired) electrons. The Morgan fingerprint density at radius 1 is 1.08 bits per heavy atom. The number of Topliss-reactive ketones (excluding diaryl/α,β-unsaturated/α-hetero) is 1. The summed E-state index contributed by atoms with van der Waals surface area (Å²) in [7, 11) is 0. The van der Waals surface area contributed by atoms with Gasteiger partial charge in [0.05, 0.1) is 11.4 Å². The highest BCUT2D eigenvalue weighted by atomic mass is 16.2. The van der Waals surface area contributed by atoms with Gasteiger partial charge in [-0.05, 0) is 49.8 Å². The van der Waals surface area contributed by atoms with Crippen molar-refractivity contribution >= 4 is 29.1 Å². The zero-order chi connectivity index (χ0) is 17.3. The lowest BCUT2D eigenvalue weighted by Crippen LogP contribution is -2.25. The number of ketones is 1. The van der Waals surface area contributed by atoms with Gasteiger partial charge in [-0.25, -0.2) is 0 Å². The molecule has 0 spiro atoms. The highest BCUT2D eigenvalue weighted by molar-refractivity contribution is 6.26. The van der Waals surface area contributed by atoms with Gasteiger partial charge in [-0.15, -0.1) is 0 Å². The molecule has 1 aliphatic heterocycles. The number of amides is 1. The average Bonchev–Trinajstić information content (AvgIpc) is 2.82. The number of para-hydroxylation sites is 1. The average molecular weight is 320 g/mol. The number of carbonyl (C=O) groups excluding carboxylic acids is 2. The molecule has 4 nitrogen and oxygen atoms in total. The van der Waals surface area contributed by atoms with E-state index in [9.17, 15) is 9.59 Å². The smallest absolute Gasteiger partial charge is 0.228 e. The van der Waals surface area contributed by atoms with Crippen LogP contribution in [0, 0.1) is 0 Å². The van der Waals surface area contributed by atoms with Gasteiger partial charge in [0.1, 0.15) is 0 Å². The zero-order valence-electron chi connectivity index (χ0n) is 14.0. The number of nitrogens with zero attached hydrogens (tertiary/aromatic N) is 1. The molecular weight excluding hydrogens is 300 g/mol. The third kappa shape index (κ3) is 2.95. The second-order valence-electron chi connectivity index (χ2n) is 6.15.